The van der Waals surface area contributed by atoms with Gasteiger partial charge < -0.3 is 15.4 Å². The quantitative estimate of drug-likeness (QED) is 0.896. The van der Waals surface area contributed by atoms with Crippen LogP contribution in [-0.4, -0.2) is 25.6 Å². The van der Waals surface area contributed by atoms with Crippen LogP contribution in [0.5, 0.6) is 5.75 Å². The topological polar surface area (TPSA) is 50.4 Å². The number of methoxy groups -OCH3 is 1. The van der Waals surface area contributed by atoms with Crippen molar-refractivity contribution in [3.63, 3.8) is 0 Å². The zero-order valence-corrected chi connectivity index (χ0v) is 13.1. The molecule has 1 aromatic rings. The van der Waals surface area contributed by atoms with Crippen molar-refractivity contribution in [1.82, 2.24) is 10.6 Å². The van der Waals surface area contributed by atoms with Gasteiger partial charge >= 0.3 is 0 Å². The van der Waals surface area contributed by atoms with Gasteiger partial charge in [-0.3, -0.25) is 4.79 Å². The smallest absolute Gasteiger partial charge is 0.223 e. The van der Waals surface area contributed by atoms with E-state index in [0.29, 0.717) is 23.9 Å². The van der Waals surface area contributed by atoms with Crippen LogP contribution in [0.2, 0.25) is 0 Å². The van der Waals surface area contributed by atoms with Crippen LogP contribution in [0, 0.1) is 11.7 Å². The lowest BCUT2D eigenvalue weighted by molar-refractivity contribution is -0.126. The van der Waals surface area contributed by atoms with Crippen molar-refractivity contribution < 1.29 is 13.9 Å². The summed E-state index contributed by atoms with van der Waals surface area (Å²) in [5.74, 6) is 0.192. The summed E-state index contributed by atoms with van der Waals surface area (Å²) in [6.07, 6.45) is 1.70. The summed E-state index contributed by atoms with van der Waals surface area (Å²) in [5.41, 5.74) is 0.706. The number of carbonyl (C=O) groups is 1. The number of rotatable bonds is 4. The highest BCUT2D eigenvalue weighted by atomic mass is 35.5. The fraction of sp³-hybridized carbons (Fsp3) is 0.533. The minimum absolute atomic E-state index is 0. The van der Waals surface area contributed by atoms with E-state index in [2.05, 4.69) is 17.6 Å². The lowest BCUT2D eigenvalue weighted by atomic mass is 9.92. The second-order valence-corrected chi connectivity index (χ2v) is 5.29. The number of hydrogen-bond acceptors (Lipinski definition) is 3. The third-order valence-electron chi connectivity index (χ3n) is 3.63. The average molecular weight is 317 g/mol. The zero-order chi connectivity index (χ0) is 14.5. The highest BCUT2D eigenvalue weighted by Crippen LogP contribution is 2.18. The molecule has 1 aromatic carbocycles. The SMILES string of the molecule is COc1cc(F)cc(CNC(=O)[C@H]2CCN[C@@H](C)C2)c1.Cl. The first kappa shape index (κ1) is 17.7. The molecule has 0 aromatic heterocycles. The summed E-state index contributed by atoms with van der Waals surface area (Å²) in [5, 5.41) is 6.20. The largest absolute Gasteiger partial charge is 0.497 e. The predicted molar refractivity (Wildman–Crippen MR) is 82.2 cm³/mol. The summed E-state index contributed by atoms with van der Waals surface area (Å²) in [7, 11) is 1.49. The Kier molecular flexibility index (Phi) is 6.92. The van der Waals surface area contributed by atoms with E-state index in [1.165, 1.54) is 19.2 Å². The van der Waals surface area contributed by atoms with Gasteiger partial charge in [0.1, 0.15) is 11.6 Å². The Morgan fingerprint density at radius 2 is 2.24 bits per heavy atom. The molecule has 1 aliphatic heterocycles. The average Bonchev–Trinajstić information content (AvgIpc) is 2.44. The molecular weight excluding hydrogens is 295 g/mol. The number of piperidine rings is 1. The predicted octanol–water partition coefficient (Wildman–Crippen LogP) is 2.26. The van der Waals surface area contributed by atoms with E-state index in [1.54, 1.807) is 6.07 Å². The molecule has 1 saturated heterocycles. The Balaban J connectivity index is 0.00000220. The summed E-state index contributed by atoms with van der Waals surface area (Å²) >= 11 is 0. The maximum Gasteiger partial charge on any atom is 0.223 e. The van der Waals surface area contributed by atoms with Gasteiger partial charge in [-0.2, -0.15) is 0 Å². The molecule has 1 fully saturated rings. The molecule has 0 radical (unpaired) electrons. The number of nitrogens with one attached hydrogen (secondary N) is 2. The monoisotopic (exact) mass is 316 g/mol. The van der Waals surface area contributed by atoms with Crippen molar-refractivity contribution in [1.29, 1.82) is 0 Å². The van der Waals surface area contributed by atoms with Gasteiger partial charge in [-0.25, -0.2) is 4.39 Å². The molecule has 1 heterocycles. The third-order valence-corrected chi connectivity index (χ3v) is 3.63. The van der Waals surface area contributed by atoms with Gasteiger partial charge in [0.05, 0.1) is 7.11 Å². The number of amides is 1. The standard InChI is InChI=1S/C15H21FN2O2.ClH/c1-10-5-12(3-4-17-10)15(19)18-9-11-6-13(16)8-14(7-11)20-2;/h6-8,10,12,17H,3-5,9H2,1-2H3,(H,18,19);1H/t10-,12-;/m0./s1. The molecule has 0 aliphatic carbocycles. The van der Waals surface area contributed by atoms with Crippen molar-refractivity contribution in [3.05, 3.63) is 29.6 Å². The normalized spacial score (nSPS) is 21.3. The van der Waals surface area contributed by atoms with Crippen LogP contribution >= 0.6 is 12.4 Å². The lowest BCUT2D eigenvalue weighted by Gasteiger charge is -2.27. The molecule has 0 saturated carbocycles. The van der Waals surface area contributed by atoms with Gasteiger partial charge in [-0.1, -0.05) is 0 Å². The van der Waals surface area contributed by atoms with Crippen LogP contribution in [0.15, 0.2) is 18.2 Å². The summed E-state index contributed by atoms with van der Waals surface area (Å²) < 4.78 is 18.4. The lowest BCUT2D eigenvalue weighted by Crippen LogP contribution is -2.42. The second kappa shape index (κ2) is 8.20. The Labute approximate surface area is 130 Å². The minimum atomic E-state index is -0.357. The van der Waals surface area contributed by atoms with Crippen LogP contribution < -0.4 is 15.4 Å². The zero-order valence-electron chi connectivity index (χ0n) is 12.3. The molecule has 4 nitrogen and oxygen atoms in total. The van der Waals surface area contributed by atoms with E-state index in [9.17, 15) is 9.18 Å². The molecule has 21 heavy (non-hydrogen) atoms. The first-order valence-corrected chi connectivity index (χ1v) is 6.93. The summed E-state index contributed by atoms with van der Waals surface area (Å²) in [6.45, 7) is 3.27. The Morgan fingerprint density at radius 3 is 2.90 bits per heavy atom. The number of hydrogen-bond donors (Lipinski definition) is 2. The van der Waals surface area contributed by atoms with Gasteiger partial charge in [0, 0.05) is 24.6 Å². The minimum Gasteiger partial charge on any atom is -0.497 e. The van der Waals surface area contributed by atoms with Gasteiger partial charge in [-0.15, -0.1) is 12.4 Å². The second-order valence-electron chi connectivity index (χ2n) is 5.29. The van der Waals surface area contributed by atoms with Gasteiger partial charge in [-0.05, 0) is 44.0 Å². The molecule has 1 aliphatic rings. The van der Waals surface area contributed by atoms with Crippen LogP contribution in [-0.2, 0) is 11.3 Å². The van der Waals surface area contributed by atoms with Crippen molar-refractivity contribution in [3.8, 4) is 5.75 Å². The number of carbonyl (C=O) groups excluding carboxylic acids is 1. The Hall–Kier alpha value is -1.33. The van der Waals surface area contributed by atoms with Gasteiger partial charge in [0.2, 0.25) is 5.91 Å². The van der Waals surface area contributed by atoms with Crippen molar-refractivity contribution in [2.75, 3.05) is 13.7 Å². The maximum atomic E-state index is 13.3. The molecule has 0 unspecified atom stereocenters. The molecule has 118 valence electrons. The molecule has 1 amide bonds. The molecule has 0 bridgehead atoms. The highest BCUT2D eigenvalue weighted by Gasteiger charge is 2.24. The van der Waals surface area contributed by atoms with Crippen molar-refractivity contribution in [2.24, 2.45) is 5.92 Å². The van der Waals surface area contributed by atoms with Gasteiger partial charge in [0.25, 0.3) is 0 Å². The number of halogens is 2. The molecule has 2 atom stereocenters. The van der Waals surface area contributed by atoms with E-state index in [4.69, 9.17) is 4.74 Å². The number of ether oxygens (including phenoxy) is 1. The van der Waals surface area contributed by atoms with Crippen molar-refractivity contribution in [2.45, 2.75) is 32.4 Å². The summed E-state index contributed by atoms with van der Waals surface area (Å²) in [4.78, 5) is 12.1. The molecule has 2 rings (SSSR count). The summed E-state index contributed by atoms with van der Waals surface area (Å²) in [6, 6.07) is 4.83. The van der Waals surface area contributed by atoms with Crippen LogP contribution in [0.3, 0.4) is 0 Å². The van der Waals surface area contributed by atoms with Gasteiger partial charge in [0.15, 0.2) is 0 Å². The fourth-order valence-corrected chi connectivity index (χ4v) is 2.54. The number of benzene rings is 1. The first-order chi connectivity index (χ1) is 9.58. The molecular formula is C15H22ClFN2O2. The highest BCUT2D eigenvalue weighted by molar-refractivity contribution is 5.85. The fourth-order valence-electron chi connectivity index (χ4n) is 2.54. The van der Waals surface area contributed by atoms with Crippen LogP contribution in [0.4, 0.5) is 4.39 Å². The first-order valence-electron chi connectivity index (χ1n) is 6.93. The maximum absolute atomic E-state index is 13.3. The van der Waals surface area contributed by atoms with E-state index in [1.807, 2.05) is 0 Å². The van der Waals surface area contributed by atoms with E-state index < -0.39 is 0 Å². The van der Waals surface area contributed by atoms with E-state index >= 15 is 0 Å². The molecule has 0 spiro atoms. The Bertz CT molecular complexity index is 485. The van der Waals surface area contributed by atoms with Crippen LogP contribution in [0.1, 0.15) is 25.3 Å². The van der Waals surface area contributed by atoms with Crippen LogP contribution in [0.25, 0.3) is 0 Å². The van der Waals surface area contributed by atoms with Crippen molar-refractivity contribution >= 4 is 18.3 Å². The molecule has 6 heteroatoms. The third kappa shape index (κ3) is 5.17. The molecule has 2 N–H and O–H groups in total. The van der Waals surface area contributed by atoms with E-state index in [0.717, 1.165) is 19.4 Å². The van der Waals surface area contributed by atoms with E-state index in [-0.39, 0.29) is 30.0 Å². The Morgan fingerprint density at radius 1 is 1.48 bits per heavy atom.